The lowest BCUT2D eigenvalue weighted by atomic mass is 10.1. The minimum Gasteiger partial charge on any atom is -0.389 e. The zero-order chi connectivity index (χ0) is 12.5. The molecule has 0 amide bonds. The summed E-state index contributed by atoms with van der Waals surface area (Å²) in [6.45, 7) is 5.07. The first-order valence-electron chi connectivity index (χ1n) is 6.22. The van der Waals surface area contributed by atoms with Gasteiger partial charge in [0, 0.05) is 27.3 Å². The second kappa shape index (κ2) is 8.83. The van der Waals surface area contributed by atoms with E-state index in [1.807, 2.05) is 0 Å². The van der Waals surface area contributed by atoms with Gasteiger partial charge in [-0.05, 0) is 18.9 Å². The Labute approximate surface area is 104 Å². The number of β-amino-alcohol motifs (C(OH)–C–C–N with tert-alkyl or cyclic N) is 1. The second-order valence-electron chi connectivity index (χ2n) is 4.59. The van der Waals surface area contributed by atoms with Gasteiger partial charge in [0.05, 0.1) is 32.5 Å². The molecule has 1 rings (SSSR count). The molecule has 1 aliphatic rings. The van der Waals surface area contributed by atoms with Gasteiger partial charge in [-0.15, -0.1) is 0 Å². The molecule has 1 fully saturated rings. The van der Waals surface area contributed by atoms with Gasteiger partial charge in [-0.1, -0.05) is 0 Å². The van der Waals surface area contributed by atoms with Crippen LogP contribution in [0.2, 0.25) is 0 Å². The molecule has 0 spiro atoms. The molecule has 2 atom stereocenters. The van der Waals surface area contributed by atoms with E-state index in [4.69, 9.17) is 14.2 Å². The highest BCUT2D eigenvalue weighted by atomic mass is 16.5. The fraction of sp³-hybridized carbons (Fsp3) is 1.00. The zero-order valence-electron chi connectivity index (χ0n) is 10.9. The van der Waals surface area contributed by atoms with Crippen molar-refractivity contribution in [2.24, 2.45) is 5.92 Å². The normalized spacial score (nSPS) is 23.1. The maximum atomic E-state index is 9.79. The summed E-state index contributed by atoms with van der Waals surface area (Å²) < 4.78 is 15.3. The SMILES string of the molecule is COCCOCC(O)CN1CCC(COC)C1. The Hall–Kier alpha value is -0.200. The van der Waals surface area contributed by atoms with Crippen LogP contribution in [0.3, 0.4) is 0 Å². The van der Waals surface area contributed by atoms with E-state index in [-0.39, 0.29) is 0 Å². The van der Waals surface area contributed by atoms with Crippen molar-refractivity contribution < 1.29 is 19.3 Å². The lowest BCUT2D eigenvalue weighted by Crippen LogP contribution is -2.34. The smallest absolute Gasteiger partial charge is 0.0900 e. The van der Waals surface area contributed by atoms with Crippen LogP contribution < -0.4 is 0 Å². The first-order valence-corrected chi connectivity index (χ1v) is 6.22. The first-order chi connectivity index (χ1) is 8.26. The number of hydrogen-bond acceptors (Lipinski definition) is 5. The number of rotatable bonds is 9. The van der Waals surface area contributed by atoms with Gasteiger partial charge < -0.3 is 24.2 Å². The molecule has 0 aromatic heterocycles. The molecule has 2 unspecified atom stereocenters. The summed E-state index contributed by atoms with van der Waals surface area (Å²) >= 11 is 0. The van der Waals surface area contributed by atoms with Crippen molar-refractivity contribution in [2.45, 2.75) is 12.5 Å². The summed E-state index contributed by atoms with van der Waals surface area (Å²) in [4.78, 5) is 2.27. The topological polar surface area (TPSA) is 51.2 Å². The fourth-order valence-corrected chi connectivity index (χ4v) is 2.16. The molecule has 0 radical (unpaired) electrons. The van der Waals surface area contributed by atoms with E-state index in [0.717, 1.165) is 26.1 Å². The lowest BCUT2D eigenvalue weighted by Gasteiger charge is -2.20. The van der Waals surface area contributed by atoms with E-state index >= 15 is 0 Å². The molecule has 0 aliphatic carbocycles. The Morgan fingerprint density at radius 1 is 1.29 bits per heavy atom. The number of nitrogens with zero attached hydrogens (tertiary/aromatic N) is 1. The summed E-state index contributed by atoms with van der Waals surface area (Å²) in [7, 11) is 3.38. The number of ether oxygens (including phenoxy) is 3. The van der Waals surface area contributed by atoms with Crippen LogP contribution in [0.25, 0.3) is 0 Å². The van der Waals surface area contributed by atoms with E-state index in [2.05, 4.69) is 4.90 Å². The van der Waals surface area contributed by atoms with Gasteiger partial charge in [0.15, 0.2) is 0 Å². The summed E-state index contributed by atoms with van der Waals surface area (Å²) in [6.07, 6.45) is 0.749. The Balaban J connectivity index is 2.04. The Kier molecular flexibility index (Phi) is 7.72. The Bertz CT molecular complexity index is 191. The highest BCUT2D eigenvalue weighted by molar-refractivity contribution is 4.77. The van der Waals surface area contributed by atoms with Gasteiger partial charge >= 0.3 is 0 Å². The quantitative estimate of drug-likeness (QED) is 0.580. The summed E-state index contributed by atoms with van der Waals surface area (Å²) in [5, 5.41) is 9.79. The number of aliphatic hydroxyl groups is 1. The molecule has 0 aromatic carbocycles. The Morgan fingerprint density at radius 2 is 2.12 bits per heavy atom. The zero-order valence-corrected chi connectivity index (χ0v) is 10.9. The molecule has 0 aromatic rings. The van der Waals surface area contributed by atoms with Gasteiger partial charge in [0.25, 0.3) is 0 Å². The van der Waals surface area contributed by atoms with Gasteiger partial charge in [-0.3, -0.25) is 0 Å². The van der Waals surface area contributed by atoms with E-state index in [1.54, 1.807) is 14.2 Å². The molecule has 1 aliphatic heterocycles. The number of methoxy groups -OCH3 is 2. The standard InChI is InChI=1S/C12H25NO4/c1-15-5-6-17-10-12(14)8-13-4-3-11(7-13)9-16-2/h11-12,14H,3-10H2,1-2H3. The molecule has 17 heavy (non-hydrogen) atoms. The van der Waals surface area contributed by atoms with Crippen LogP contribution in [0.5, 0.6) is 0 Å². The molecular weight excluding hydrogens is 222 g/mol. The van der Waals surface area contributed by atoms with Crippen molar-refractivity contribution in [3.63, 3.8) is 0 Å². The third kappa shape index (κ3) is 6.33. The maximum Gasteiger partial charge on any atom is 0.0900 e. The Morgan fingerprint density at radius 3 is 2.82 bits per heavy atom. The van der Waals surface area contributed by atoms with Crippen molar-refractivity contribution in [3.05, 3.63) is 0 Å². The van der Waals surface area contributed by atoms with E-state index in [0.29, 0.717) is 32.3 Å². The highest BCUT2D eigenvalue weighted by Crippen LogP contribution is 2.16. The third-order valence-corrected chi connectivity index (χ3v) is 2.98. The van der Waals surface area contributed by atoms with Crippen molar-refractivity contribution in [1.29, 1.82) is 0 Å². The van der Waals surface area contributed by atoms with Crippen LogP contribution in [-0.2, 0) is 14.2 Å². The van der Waals surface area contributed by atoms with Crippen LogP contribution in [0.4, 0.5) is 0 Å². The van der Waals surface area contributed by atoms with Gasteiger partial charge in [-0.25, -0.2) is 0 Å². The van der Waals surface area contributed by atoms with Gasteiger partial charge in [-0.2, -0.15) is 0 Å². The average Bonchev–Trinajstić information content (AvgIpc) is 2.73. The molecule has 5 heteroatoms. The monoisotopic (exact) mass is 247 g/mol. The minimum absolute atomic E-state index is 0.384. The van der Waals surface area contributed by atoms with E-state index in [1.165, 1.54) is 0 Å². The number of aliphatic hydroxyl groups excluding tert-OH is 1. The molecular formula is C12H25NO4. The van der Waals surface area contributed by atoms with E-state index < -0.39 is 6.10 Å². The van der Waals surface area contributed by atoms with Crippen molar-refractivity contribution in [1.82, 2.24) is 4.90 Å². The largest absolute Gasteiger partial charge is 0.389 e. The summed E-state index contributed by atoms with van der Waals surface area (Å²) in [5.41, 5.74) is 0. The maximum absolute atomic E-state index is 9.79. The summed E-state index contributed by atoms with van der Waals surface area (Å²) in [6, 6.07) is 0. The van der Waals surface area contributed by atoms with Crippen molar-refractivity contribution >= 4 is 0 Å². The third-order valence-electron chi connectivity index (χ3n) is 2.98. The van der Waals surface area contributed by atoms with Crippen LogP contribution >= 0.6 is 0 Å². The summed E-state index contributed by atoms with van der Waals surface area (Å²) in [5.74, 6) is 0.613. The van der Waals surface area contributed by atoms with E-state index in [9.17, 15) is 5.11 Å². The molecule has 5 nitrogen and oxygen atoms in total. The highest BCUT2D eigenvalue weighted by Gasteiger charge is 2.23. The molecule has 1 saturated heterocycles. The molecule has 0 bridgehead atoms. The second-order valence-corrected chi connectivity index (χ2v) is 4.59. The van der Waals surface area contributed by atoms with Crippen LogP contribution in [0.15, 0.2) is 0 Å². The predicted octanol–water partition coefficient (Wildman–Crippen LogP) is -0.0214. The molecule has 0 saturated carbocycles. The molecule has 1 heterocycles. The fourth-order valence-electron chi connectivity index (χ4n) is 2.16. The van der Waals surface area contributed by atoms with Gasteiger partial charge in [0.1, 0.15) is 0 Å². The molecule has 1 N–H and O–H groups in total. The van der Waals surface area contributed by atoms with Crippen molar-refractivity contribution in [2.75, 3.05) is 60.3 Å². The van der Waals surface area contributed by atoms with Crippen molar-refractivity contribution in [3.8, 4) is 0 Å². The lowest BCUT2D eigenvalue weighted by molar-refractivity contribution is 0.00138. The van der Waals surface area contributed by atoms with Crippen LogP contribution in [-0.4, -0.2) is 76.4 Å². The first kappa shape index (κ1) is 14.9. The molecule has 102 valence electrons. The van der Waals surface area contributed by atoms with Crippen LogP contribution in [0, 0.1) is 5.92 Å². The minimum atomic E-state index is -0.409. The number of likely N-dealkylation sites (tertiary alicyclic amines) is 1. The predicted molar refractivity (Wildman–Crippen MR) is 65.1 cm³/mol. The van der Waals surface area contributed by atoms with Gasteiger partial charge in [0.2, 0.25) is 0 Å². The number of hydrogen-bond donors (Lipinski definition) is 1. The van der Waals surface area contributed by atoms with Crippen LogP contribution in [0.1, 0.15) is 6.42 Å². The average molecular weight is 247 g/mol.